The number of likely N-dealkylation sites (N-methyl/N-ethyl adjacent to an activating group) is 1. The molecule has 1 saturated heterocycles. The largest absolute Gasteiger partial charge is 0.343 e. The highest BCUT2D eigenvalue weighted by Gasteiger charge is 2.25. The summed E-state index contributed by atoms with van der Waals surface area (Å²) in [4.78, 5) is 11.2. The van der Waals surface area contributed by atoms with E-state index < -0.39 is 0 Å². The third-order valence-electron chi connectivity index (χ3n) is 3.85. The van der Waals surface area contributed by atoms with Crippen molar-refractivity contribution in [3.8, 4) is 0 Å². The molecule has 2 rings (SSSR count). The van der Waals surface area contributed by atoms with Gasteiger partial charge < -0.3 is 15.1 Å². The van der Waals surface area contributed by atoms with E-state index in [2.05, 4.69) is 49.9 Å². The Morgan fingerprint density at radius 2 is 2.15 bits per heavy atom. The average Bonchev–Trinajstić information content (AvgIpc) is 2.79. The number of nitrogens with zero attached hydrogens (tertiary/aromatic N) is 3. The van der Waals surface area contributed by atoms with Crippen molar-refractivity contribution in [2.45, 2.75) is 52.7 Å². The second-order valence-corrected chi connectivity index (χ2v) is 7.12. The Morgan fingerprint density at radius 3 is 2.75 bits per heavy atom. The molecule has 2 heterocycles. The minimum absolute atomic E-state index is 0.521. The molecule has 1 atom stereocenters. The van der Waals surface area contributed by atoms with Gasteiger partial charge in [0.2, 0.25) is 0 Å². The minimum atomic E-state index is 0.521. The van der Waals surface area contributed by atoms with Gasteiger partial charge in [0.1, 0.15) is 0 Å². The van der Waals surface area contributed by atoms with Crippen molar-refractivity contribution in [2.24, 2.45) is 0 Å². The molecule has 0 radical (unpaired) electrons. The number of hydrogen-bond donors (Lipinski definition) is 1. The van der Waals surface area contributed by atoms with E-state index in [9.17, 15) is 0 Å². The van der Waals surface area contributed by atoms with Gasteiger partial charge in [0.05, 0.1) is 5.69 Å². The molecule has 1 fully saturated rings. The molecule has 0 aromatic carbocycles. The first-order valence-electron chi connectivity index (χ1n) is 7.68. The summed E-state index contributed by atoms with van der Waals surface area (Å²) in [5, 5.41) is 4.73. The topological polar surface area (TPSA) is 31.4 Å². The predicted molar refractivity (Wildman–Crippen MR) is 87.8 cm³/mol. The molecule has 1 aliphatic rings. The van der Waals surface area contributed by atoms with Crippen LogP contribution in [0.3, 0.4) is 0 Å². The lowest BCUT2D eigenvalue weighted by Crippen LogP contribution is -2.50. The number of rotatable bonds is 5. The maximum Gasteiger partial charge on any atom is 0.186 e. The van der Waals surface area contributed by atoms with Crippen molar-refractivity contribution in [1.29, 1.82) is 0 Å². The van der Waals surface area contributed by atoms with Crippen LogP contribution in [0.2, 0.25) is 0 Å². The molecule has 4 nitrogen and oxygen atoms in total. The van der Waals surface area contributed by atoms with Gasteiger partial charge in [-0.05, 0) is 20.4 Å². The standard InChI is InChI=1S/C15H28N4S/c1-6-13-14(9-16-11(2)3)20-15(17-13)19-8-7-18(5)10-12(19)4/h11-12,16H,6-10H2,1-5H3. The van der Waals surface area contributed by atoms with E-state index >= 15 is 0 Å². The summed E-state index contributed by atoms with van der Waals surface area (Å²) < 4.78 is 0. The lowest BCUT2D eigenvalue weighted by Gasteiger charge is -2.38. The average molecular weight is 296 g/mol. The van der Waals surface area contributed by atoms with Crippen LogP contribution in [0.4, 0.5) is 5.13 Å². The molecule has 1 aromatic heterocycles. The first-order valence-corrected chi connectivity index (χ1v) is 8.50. The summed E-state index contributed by atoms with van der Waals surface area (Å²) in [5.74, 6) is 0. The molecular weight excluding hydrogens is 268 g/mol. The third-order valence-corrected chi connectivity index (χ3v) is 4.98. The van der Waals surface area contributed by atoms with E-state index in [0.717, 1.165) is 32.6 Å². The number of anilines is 1. The Balaban J connectivity index is 2.12. The zero-order valence-corrected chi connectivity index (χ0v) is 14.3. The molecule has 114 valence electrons. The van der Waals surface area contributed by atoms with Crippen molar-refractivity contribution in [2.75, 3.05) is 31.6 Å². The van der Waals surface area contributed by atoms with Crippen LogP contribution in [0.1, 0.15) is 38.3 Å². The quantitative estimate of drug-likeness (QED) is 0.904. The van der Waals surface area contributed by atoms with Crippen LogP contribution in [-0.2, 0) is 13.0 Å². The Hall–Kier alpha value is -0.650. The van der Waals surface area contributed by atoms with Gasteiger partial charge in [0.25, 0.3) is 0 Å². The van der Waals surface area contributed by atoms with E-state index in [1.54, 1.807) is 0 Å². The SMILES string of the molecule is CCc1nc(N2CCN(C)CC2C)sc1CNC(C)C. The van der Waals surface area contributed by atoms with E-state index in [1.807, 2.05) is 11.3 Å². The molecule has 0 bridgehead atoms. The number of thiazole rings is 1. The van der Waals surface area contributed by atoms with Crippen LogP contribution in [0, 0.1) is 0 Å². The Kier molecular flexibility index (Phi) is 5.41. The molecule has 1 aromatic rings. The van der Waals surface area contributed by atoms with Gasteiger partial charge in [0.15, 0.2) is 5.13 Å². The number of piperazine rings is 1. The fourth-order valence-electron chi connectivity index (χ4n) is 2.63. The summed E-state index contributed by atoms with van der Waals surface area (Å²) in [6.07, 6.45) is 1.02. The summed E-state index contributed by atoms with van der Waals surface area (Å²) >= 11 is 1.87. The Morgan fingerprint density at radius 1 is 1.40 bits per heavy atom. The lowest BCUT2D eigenvalue weighted by atomic mass is 10.2. The smallest absolute Gasteiger partial charge is 0.186 e. The van der Waals surface area contributed by atoms with Gasteiger partial charge >= 0.3 is 0 Å². The molecule has 0 spiro atoms. The first-order chi connectivity index (χ1) is 9.51. The zero-order chi connectivity index (χ0) is 14.7. The normalized spacial score (nSPS) is 20.9. The monoisotopic (exact) mass is 296 g/mol. The van der Waals surface area contributed by atoms with E-state index in [4.69, 9.17) is 4.98 Å². The highest BCUT2D eigenvalue weighted by atomic mass is 32.1. The molecule has 0 aliphatic carbocycles. The van der Waals surface area contributed by atoms with E-state index in [1.165, 1.54) is 15.7 Å². The maximum atomic E-state index is 4.89. The molecule has 20 heavy (non-hydrogen) atoms. The fourth-order valence-corrected chi connectivity index (χ4v) is 3.86. The van der Waals surface area contributed by atoms with Gasteiger partial charge in [-0.3, -0.25) is 0 Å². The zero-order valence-electron chi connectivity index (χ0n) is 13.4. The van der Waals surface area contributed by atoms with Gasteiger partial charge in [-0.25, -0.2) is 4.98 Å². The Bertz CT molecular complexity index is 430. The van der Waals surface area contributed by atoms with Crippen LogP contribution in [-0.4, -0.2) is 48.6 Å². The van der Waals surface area contributed by atoms with Crippen molar-refractivity contribution < 1.29 is 0 Å². The number of hydrogen-bond acceptors (Lipinski definition) is 5. The second kappa shape index (κ2) is 6.87. The second-order valence-electron chi connectivity index (χ2n) is 6.06. The van der Waals surface area contributed by atoms with Gasteiger partial charge in [-0.1, -0.05) is 20.8 Å². The third kappa shape index (κ3) is 3.71. The molecule has 1 N–H and O–H groups in total. The number of aromatic nitrogens is 1. The van der Waals surface area contributed by atoms with Crippen molar-refractivity contribution >= 4 is 16.5 Å². The van der Waals surface area contributed by atoms with E-state index in [-0.39, 0.29) is 0 Å². The summed E-state index contributed by atoms with van der Waals surface area (Å²) in [5.41, 5.74) is 1.27. The van der Waals surface area contributed by atoms with Crippen LogP contribution < -0.4 is 10.2 Å². The molecule has 1 aliphatic heterocycles. The van der Waals surface area contributed by atoms with Gasteiger partial charge in [-0.15, -0.1) is 11.3 Å². The van der Waals surface area contributed by atoms with Crippen LogP contribution >= 0.6 is 11.3 Å². The molecular formula is C15H28N4S. The summed E-state index contributed by atoms with van der Waals surface area (Å²) in [6, 6.07) is 1.07. The highest BCUT2D eigenvalue weighted by molar-refractivity contribution is 7.15. The van der Waals surface area contributed by atoms with Crippen LogP contribution in [0.5, 0.6) is 0 Å². The molecule has 1 unspecified atom stereocenters. The maximum absolute atomic E-state index is 4.89. The molecule has 5 heteroatoms. The first kappa shape index (κ1) is 15.7. The van der Waals surface area contributed by atoms with Gasteiger partial charge in [0, 0.05) is 43.1 Å². The summed E-state index contributed by atoms with van der Waals surface area (Å²) in [7, 11) is 2.20. The number of aryl methyl sites for hydroxylation is 1. The van der Waals surface area contributed by atoms with E-state index in [0.29, 0.717) is 12.1 Å². The van der Waals surface area contributed by atoms with Gasteiger partial charge in [-0.2, -0.15) is 0 Å². The van der Waals surface area contributed by atoms with Crippen molar-refractivity contribution in [3.63, 3.8) is 0 Å². The van der Waals surface area contributed by atoms with Crippen LogP contribution in [0.25, 0.3) is 0 Å². The molecule has 0 amide bonds. The minimum Gasteiger partial charge on any atom is -0.343 e. The highest BCUT2D eigenvalue weighted by Crippen LogP contribution is 2.29. The number of nitrogens with one attached hydrogen (secondary N) is 1. The summed E-state index contributed by atoms with van der Waals surface area (Å²) in [6.45, 7) is 13.2. The Labute approximate surface area is 127 Å². The van der Waals surface area contributed by atoms with Crippen molar-refractivity contribution in [1.82, 2.24) is 15.2 Å². The lowest BCUT2D eigenvalue weighted by molar-refractivity contribution is 0.275. The fraction of sp³-hybridized carbons (Fsp3) is 0.800. The van der Waals surface area contributed by atoms with Crippen molar-refractivity contribution in [3.05, 3.63) is 10.6 Å². The predicted octanol–water partition coefficient (Wildman–Crippen LogP) is 2.34. The molecule has 0 saturated carbocycles. The van der Waals surface area contributed by atoms with Crippen LogP contribution in [0.15, 0.2) is 0 Å².